The lowest BCUT2D eigenvalue weighted by atomic mass is 10.1. The Labute approximate surface area is 221 Å². The Morgan fingerprint density at radius 3 is 2.67 bits per heavy atom. The number of amides is 1. The molecule has 1 aliphatic rings. The molecule has 1 fully saturated rings. The topological polar surface area (TPSA) is 147 Å². The molecular formula is C27H25N5O7. The van der Waals surface area contributed by atoms with E-state index in [0.717, 1.165) is 18.4 Å². The van der Waals surface area contributed by atoms with E-state index >= 15 is 0 Å². The van der Waals surface area contributed by atoms with E-state index in [-0.39, 0.29) is 52.6 Å². The third-order valence-electron chi connectivity index (χ3n) is 6.54. The maximum atomic E-state index is 13.6. The third-order valence-corrected chi connectivity index (χ3v) is 6.54. The summed E-state index contributed by atoms with van der Waals surface area (Å²) < 4.78 is 14.1. The Bertz CT molecular complexity index is 1750. The first-order valence-electron chi connectivity index (χ1n) is 12.5. The summed E-state index contributed by atoms with van der Waals surface area (Å²) in [6.07, 6.45) is 2.92. The maximum absolute atomic E-state index is 13.6. The van der Waals surface area contributed by atoms with Gasteiger partial charge in [-0.05, 0) is 56.5 Å². The molecule has 39 heavy (non-hydrogen) atoms. The van der Waals surface area contributed by atoms with Gasteiger partial charge in [0, 0.05) is 30.5 Å². The van der Waals surface area contributed by atoms with E-state index in [0.29, 0.717) is 12.3 Å². The number of nitrogens with zero attached hydrogens (tertiary/aromatic N) is 5. The lowest BCUT2D eigenvalue weighted by molar-refractivity contribution is -0.384. The molecule has 0 aliphatic carbocycles. The highest BCUT2D eigenvalue weighted by Crippen LogP contribution is 2.19. The van der Waals surface area contributed by atoms with Gasteiger partial charge < -0.3 is 14.0 Å². The van der Waals surface area contributed by atoms with E-state index in [1.54, 1.807) is 23.8 Å². The Morgan fingerprint density at radius 2 is 2.00 bits per heavy atom. The molecule has 1 aliphatic heterocycles. The van der Waals surface area contributed by atoms with E-state index in [2.05, 4.69) is 4.99 Å². The van der Waals surface area contributed by atoms with Crippen molar-refractivity contribution in [1.82, 2.24) is 14.0 Å². The molecule has 1 aromatic carbocycles. The van der Waals surface area contributed by atoms with Gasteiger partial charge in [0.2, 0.25) is 0 Å². The van der Waals surface area contributed by atoms with Crippen LogP contribution in [0.1, 0.15) is 46.0 Å². The smallest absolute Gasteiger partial charge is 0.341 e. The highest BCUT2D eigenvalue weighted by atomic mass is 16.6. The third kappa shape index (κ3) is 4.93. The van der Waals surface area contributed by atoms with Gasteiger partial charge in [-0.2, -0.15) is 4.99 Å². The molecular weight excluding hydrogens is 506 g/mol. The molecule has 1 saturated heterocycles. The SMILES string of the molecule is CCOC(=O)c1cc2c(=O)n3cccc(C)c3nc2n(CC2CCCO2)c1=NC(=O)c1ccc([N+](=O)[O-])cc1. The van der Waals surface area contributed by atoms with Crippen LogP contribution in [0.25, 0.3) is 16.7 Å². The Kier molecular flexibility index (Phi) is 7.03. The van der Waals surface area contributed by atoms with Crippen molar-refractivity contribution >= 4 is 34.2 Å². The quantitative estimate of drug-likeness (QED) is 0.160. The fourth-order valence-corrected chi connectivity index (χ4v) is 4.62. The maximum Gasteiger partial charge on any atom is 0.341 e. The van der Waals surface area contributed by atoms with Crippen molar-refractivity contribution in [3.05, 3.63) is 91.3 Å². The fraction of sp³-hybridized carbons (Fsp3) is 0.296. The van der Waals surface area contributed by atoms with Gasteiger partial charge in [-0.25, -0.2) is 9.78 Å². The van der Waals surface area contributed by atoms with Crippen LogP contribution >= 0.6 is 0 Å². The second kappa shape index (κ2) is 10.6. The Hall–Kier alpha value is -4.71. The van der Waals surface area contributed by atoms with Crippen molar-refractivity contribution in [1.29, 1.82) is 0 Å². The molecule has 0 spiro atoms. The number of carbonyl (C=O) groups excluding carboxylic acids is 2. The van der Waals surface area contributed by atoms with Gasteiger partial charge in [0.25, 0.3) is 17.2 Å². The number of nitro groups is 1. The van der Waals surface area contributed by atoms with Gasteiger partial charge in [-0.1, -0.05) is 6.07 Å². The zero-order valence-corrected chi connectivity index (χ0v) is 21.3. The molecule has 1 unspecified atom stereocenters. The summed E-state index contributed by atoms with van der Waals surface area (Å²) in [5.41, 5.74) is 0.828. The van der Waals surface area contributed by atoms with E-state index in [1.807, 2.05) is 13.0 Å². The minimum Gasteiger partial charge on any atom is -0.462 e. The zero-order valence-electron chi connectivity index (χ0n) is 21.3. The number of esters is 1. The number of hydrogen-bond acceptors (Lipinski definition) is 8. The number of aryl methyl sites for hydroxylation is 1. The number of ether oxygens (including phenoxy) is 2. The van der Waals surface area contributed by atoms with Crippen molar-refractivity contribution in [3.63, 3.8) is 0 Å². The summed E-state index contributed by atoms with van der Waals surface area (Å²) >= 11 is 0. The molecule has 1 amide bonds. The second-order valence-electron chi connectivity index (χ2n) is 9.11. The molecule has 0 saturated carbocycles. The standard InChI is InChI=1S/C27H25N5O7/c1-3-38-27(35)21-14-20-23(28-22-16(2)6-4-12-30(22)26(20)34)31(15-19-7-5-13-39-19)24(21)29-25(33)17-8-10-18(11-9-17)32(36)37/h4,6,8-12,14,19H,3,5,7,13,15H2,1-2H3. The van der Waals surface area contributed by atoms with Crippen molar-refractivity contribution in [2.24, 2.45) is 4.99 Å². The van der Waals surface area contributed by atoms with Crippen LogP contribution in [0.15, 0.2) is 58.4 Å². The van der Waals surface area contributed by atoms with Crippen LogP contribution in [0.3, 0.4) is 0 Å². The number of carbonyl (C=O) groups is 2. The minimum absolute atomic E-state index is 0.0374. The second-order valence-corrected chi connectivity index (χ2v) is 9.11. The number of fused-ring (bicyclic) bond motifs is 2. The van der Waals surface area contributed by atoms with Crippen LogP contribution in [0.2, 0.25) is 0 Å². The van der Waals surface area contributed by atoms with Crippen LogP contribution in [-0.4, -0.2) is 50.1 Å². The van der Waals surface area contributed by atoms with Crippen molar-refractivity contribution in [2.45, 2.75) is 39.3 Å². The zero-order chi connectivity index (χ0) is 27.7. The van der Waals surface area contributed by atoms with Gasteiger partial charge in [-0.3, -0.25) is 24.1 Å². The lowest BCUT2D eigenvalue weighted by Crippen LogP contribution is -2.35. The van der Waals surface area contributed by atoms with Gasteiger partial charge in [0.05, 0.1) is 29.6 Å². The molecule has 3 aromatic heterocycles. The summed E-state index contributed by atoms with van der Waals surface area (Å²) in [7, 11) is 0. The van der Waals surface area contributed by atoms with Crippen LogP contribution in [0, 0.1) is 17.0 Å². The Morgan fingerprint density at radius 1 is 1.23 bits per heavy atom. The number of non-ortho nitro benzene ring substituents is 1. The number of rotatable bonds is 6. The molecule has 4 aromatic rings. The highest BCUT2D eigenvalue weighted by Gasteiger charge is 2.24. The molecule has 0 bridgehead atoms. The first-order chi connectivity index (χ1) is 18.8. The molecule has 12 heteroatoms. The first-order valence-corrected chi connectivity index (χ1v) is 12.5. The average Bonchev–Trinajstić information content (AvgIpc) is 3.44. The van der Waals surface area contributed by atoms with Gasteiger partial charge in [0.1, 0.15) is 16.9 Å². The van der Waals surface area contributed by atoms with Gasteiger partial charge in [-0.15, -0.1) is 0 Å². The van der Waals surface area contributed by atoms with Gasteiger partial charge in [0.15, 0.2) is 5.49 Å². The molecule has 0 N–H and O–H groups in total. The molecule has 4 heterocycles. The summed E-state index contributed by atoms with van der Waals surface area (Å²) in [5, 5.41) is 11.2. The van der Waals surface area contributed by atoms with Crippen LogP contribution < -0.4 is 11.0 Å². The number of hydrogen-bond donors (Lipinski definition) is 0. The largest absolute Gasteiger partial charge is 0.462 e. The molecule has 5 rings (SSSR count). The van der Waals surface area contributed by atoms with Crippen LogP contribution in [0.4, 0.5) is 5.69 Å². The summed E-state index contributed by atoms with van der Waals surface area (Å²) in [6.45, 7) is 4.28. The van der Waals surface area contributed by atoms with Gasteiger partial charge >= 0.3 is 5.97 Å². The monoisotopic (exact) mass is 531 g/mol. The first kappa shape index (κ1) is 25.9. The highest BCUT2D eigenvalue weighted by molar-refractivity contribution is 5.97. The predicted octanol–water partition coefficient (Wildman–Crippen LogP) is 2.96. The van der Waals surface area contributed by atoms with E-state index in [9.17, 15) is 24.5 Å². The average molecular weight is 532 g/mol. The molecule has 200 valence electrons. The summed E-state index contributed by atoms with van der Waals surface area (Å²) in [5.74, 6) is -1.49. The summed E-state index contributed by atoms with van der Waals surface area (Å²) in [4.78, 5) is 59.5. The van der Waals surface area contributed by atoms with Crippen molar-refractivity contribution in [3.8, 4) is 0 Å². The Balaban J connectivity index is 1.83. The molecule has 12 nitrogen and oxygen atoms in total. The van der Waals surface area contributed by atoms with Crippen LogP contribution in [0.5, 0.6) is 0 Å². The lowest BCUT2D eigenvalue weighted by Gasteiger charge is -2.18. The fourth-order valence-electron chi connectivity index (χ4n) is 4.62. The number of nitro benzene ring substituents is 1. The van der Waals surface area contributed by atoms with E-state index in [4.69, 9.17) is 14.5 Å². The molecule has 1 atom stereocenters. The predicted molar refractivity (Wildman–Crippen MR) is 140 cm³/mol. The molecule has 0 radical (unpaired) electrons. The van der Waals surface area contributed by atoms with Crippen molar-refractivity contribution in [2.75, 3.05) is 13.2 Å². The summed E-state index contributed by atoms with van der Waals surface area (Å²) in [6, 6.07) is 9.90. The van der Waals surface area contributed by atoms with E-state index < -0.39 is 22.4 Å². The minimum atomic E-state index is -0.760. The van der Waals surface area contributed by atoms with Crippen molar-refractivity contribution < 1.29 is 24.0 Å². The van der Waals surface area contributed by atoms with E-state index in [1.165, 1.54) is 34.7 Å². The number of pyridine rings is 2. The number of benzene rings is 1. The normalized spacial score (nSPS) is 15.6. The number of aromatic nitrogens is 3. The van der Waals surface area contributed by atoms with Crippen LogP contribution in [-0.2, 0) is 16.0 Å².